The Morgan fingerprint density at radius 3 is 2.94 bits per heavy atom. The van der Waals surface area contributed by atoms with Crippen LogP contribution in [0.1, 0.15) is 12.0 Å². The molecule has 3 heteroatoms. The van der Waals surface area contributed by atoms with E-state index in [1.54, 1.807) is 0 Å². The first-order chi connectivity index (χ1) is 8.39. The van der Waals surface area contributed by atoms with Gasteiger partial charge < -0.3 is 10.1 Å². The fraction of sp³-hybridized carbons (Fsp3) is 0.571. The zero-order chi connectivity index (χ0) is 11.6. The molecule has 0 aromatic heterocycles. The monoisotopic (exact) mass is 232 g/mol. The number of nitrogens with one attached hydrogen (secondary N) is 1. The summed E-state index contributed by atoms with van der Waals surface area (Å²) in [7, 11) is 0. The fourth-order valence-corrected chi connectivity index (χ4v) is 2.92. The Hall–Kier alpha value is -0.900. The standard InChI is InChI=1S/C14H20N2O/c1-2-4-13(5-3-1)10-16-8-7-15-11-14(16)6-9-17-12-14/h1-5,15H,6-12H2. The summed E-state index contributed by atoms with van der Waals surface area (Å²) < 4.78 is 5.62. The number of ether oxygens (including phenoxy) is 1. The van der Waals surface area contributed by atoms with Gasteiger partial charge in [0.05, 0.1) is 12.1 Å². The lowest BCUT2D eigenvalue weighted by molar-refractivity contribution is 0.0387. The Morgan fingerprint density at radius 1 is 1.29 bits per heavy atom. The molecule has 17 heavy (non-hydrogen) atoms. The molecule has 0 saturated carbocycles. The highest BCUT2D eigenvalue weighted by Crippen LogP contribution is 2.28. The van der Waals surface area contributed by atoms with Crippen LogP contribution in [0.3, 0.4) is 0 Å². The molecule has 1 unspecified atom stereocenters. The van der Waals surface area contributed by atoms with Gasteiger partial charge in [0, 0.05) is 32.8 Å². The quantitative estimate of drug-likeness (QED) is 0.830. The third-order valence-electron chi connectivity index (χ3n) is 3.98. The predicted molar refractivity (Wildman–Crippen MR) is 67.9 cm³/mol. The molecule has 0 aliphatic carbocycles. The Bertz CT molecular complexity index is 360. The molecule has 2 fully saturated rings. The first-order valence-corrected chi connectivity index (χ1v) is 6.47. The van der Waals surface area contributed by atoms with Crippen LogP contribution in [-0.4, -0.2) is 43.3 Å². The topological polar surface area (TPSA) is 24.5 Å². The average molecular weight is 232 g/mol. The molecule has 3 nitrogen and oxygen atoms in total. The van der Waals surface area contributed by atoms with E-state index in [4.69, 9.17) is 4.74 Å². The first kappa shape index (κ1) is 11.2. The smallest absolute Gasteiger partial charge is 0.0663 e. The summed E-state index contributed by atoms with van der Waals surface area (Å²) in [5.74, 6) is 0. The van der Waals surface area contributed by atoms with Gasteiger partial charge >= 0.3 is 0 Å². The molecule has 0 amide bonds. The summed E-state index contributed by atoms with van der Waals surface area (Å²) in [6.07, 6.45) is 1.16. The lowest BCUT2D eigenvalue weighted by Crippen LogP contribution is -2.61. The van der Waals surface area contributed by atoms with Gasteiger partial charge in [-0.1, -0.05) is 30.3 Å². The summed E-state index contributed by atoms with van der Waals surface area (Å²) in [5.41, 5.74) is 1.65. The van der Waals surface area contributed by atoms with Crippen LogP contribution in [0.15, 0.2) is 30.3 Å². The van der Waals surface area contributed by atoms with Crippen LogP contribution >= 0.6 is 0 Å². The van der Waals surface area contributed by atoms with Crippen molar-refractivity contribution in [1.29, 1.82) is 0 Å². The molecule has 0 bridgehead atoms. The summed E-state index contributed by atoms with van der Waals surface area (Å²) >= 11 is 0. The van der Waals surface area contributed by atoms with Crippen molar-refractivity contribution < 1.29 is 4.74 Å². The molecule has 92 valence electrons. The minimum absolute atomic E-state index is 0.244. The van der Waals surface area contributed by atoms with Crippen LogP contribution in [0.25, 0.3) is 0 Å². The fourth-order valence-electron chi connectivity index (χ4n) is 2.92. The number of piperazine rings is 1. The van der Waals surface area contributed by atoms with Crippen molar-refractivity contribution in [2.45, 2.75) is 18.5 Å². The molecule has 1 aromatic carbocycles. The Kier molecular flexibility index (Phi) is 3.14. The maximum atomic E-state index is 5.62. The van der Waals surface area contributed by atoms with Crippen LogP contribution in [-0.2, 0) is 11.3 Å². The Balaban J connectivity index is 1.76. The van der Waals surface area contributed by atoms with E-state index < -0.39 is 0 Å². The van der Waals surface area contributed by atoms with Crippen molar-refractivity contribution >= 4 is 0 Å². The van der Waals surface area contributed by atoms with Gasteiger partial charge in [-0.25, -0.2) is 0 Å². The summed E-state index contributed by atoms with van der Waals surface area (Å²) in [4.78, 5) is 2.60. The van der Waals surface area contributed by atoms with Gasteiger partial charge in [0.2, 0.25) is 0 Å². The van der Waals surface area contributed by atoms with E-state index in [2.05, 4.69) is 40.5 Å². The highest BCUT2D eigenvalue weighted by Gasteiger charge is 2.41. The molecular formula is C14H20N2O. The van der Waals surface area contributed by atoms with Crippen LogP contribution in [0.5, 0.6) is 0 Å². The molecule has 2 heterocycles. The van der Waals surface area contributed by atoms with Crippen molar-refractivity contribution in [1.82, 2.24) is 10.2 Å². The van der Waals surface area contributed by atoms with Gasteiger partial charge in [-0.15, -0.1) is 0 Å². The number of nitrogens with zero attached hydrogens (tertiary/aromatic N) is 1. The molecular weight excluding hydrogens is 212 g/mol. The van der Waals surface area contributed by atoms with Crippen LogP contribution < -0.4 is 5.32 Å². The lowest BCUT2D eigenvalue weighted by Gasteiger charge is -2.44. The van der Waals surface area contributed by atoms with Crippen molar-refractivity contribution in [3.63, 3.8) is 0 Å². The average Bonchev–Trinajstić information content (AvgIpc) is 2.83. The highest BCUT2D eigenvalue weighted by molar-refractivity contribution is 5.15. The van der Waals surface area contributed by atoms with Gasteiger partial charge in [-0.3, -0.25) is 4.90 Å². The van der Waals surface area contributed by atoms with Crippen LogP contribution in [0.4, 0.5) is 0 Å². The van der Waals surface area contributed by atoms with Gasteiger partial charge in [-0.2, -0.15) is 0 Å². The van der Waals surface area contributed by atoms with E-state index in [0.29, 0.717) is 0 Å². The van der Waals surface area contributed by atoms with Gasteiger partial charge in [0.1, 0.15) is 0 Å². The van der Waals surface area contributed by atoms with E-state index in [-0.39, 0.29) is 5.54 Å². The molecule has 1 atom stereocenters. The molecule has 3 rings (SSSR count). The number of rotatable bonds is 2. The predicted octanol–water partition coefficient (Wildman–Crippen LogP) is 1.25. The number of hydrogen-bond donors (Lipinski definition) is 1. The maximum absolute atomic E-state index is 5.62. The second-order valence-electron chi connectivity index (χ2n) is 5.11. The molecule has 0 radical (unpaired) electrons. The summed E-state index contributed by atoms with van der Waals surface area (Å²) in [6, 6.07) is 10.7. The van der Waals surface area contributed by atoms with E-state index in [9.17, 15) is 0 Å². The molecule has 1 aromatic rings. The third kappa shape index (κ3) is 2.23. The van der Waals surface area contributed by atoms with Crippen LogP contribution in [0.2, 0.25) is 0 Å². The second-order valence-corrected chi connectivity index (χ2v) is 5.11. The minimum atomic E-state index is 0.244. The Morgan fingerprint density at radius 2 is 2.18 bits per heavy atom. The van der Waals surface area contributed by atoms with Crippen molar-refractivity contribution in [2.75, 3.05) is 32.8 Å². The van der Waals surface area contributed by atoms with E-state index >= 15 is 0 Å². The number of benzene rings is 1. The highest BCUT2D eigenvalue weighted by atomic mass is 16.5. The van der Waals surface area contributed by atoms with Gasteiger partial charge in [0.25, 0.3) is 0 Å². The van der Waals surface area contributed by atoms with Gasteiger partial charge in [0.15, 0.2) is 0 Å². The van der Waals surface area contributed by atoms with E-state index in [0.717, 1.165) is 45.8 Å². The second kappa shape index (κ2) is 4.77. The van der Waals surface area contributed by atoms with Crippen molar-refractivity contribution in [3.05, 3.63) is 35.9 Å². The molecule has 1 N–H and O–H groups in total. The zero-order valence-corrected chi connectivity index (χ0v) is 10.2. The SMILES string of the molecule is c1ccc(CN2CCNCC23CCOC3)cc1. The van der Waals surface area contributed by atoms with E-state index in [1.165, 1.54) is 5.56 Å². The van der Waals surface area contributed by atoms with Gasteiger partial charge in [-0.05, 0) is 12.0 Å². The summed E-state index contributed by atoms with van der Waals surface area (Å²) in [6.45, 7) is 6.12. The summed E-state index contributed by atoms with van der Waals surface area (Å²) in [5, 5.41) is 3.51. The van der Waals surface area contributed by atoms with Crippen LogP contribution in [0, 0.1) is 0 Å². The first-order valence-electron chi connectivity index (χ1n) is 6.47. The largest absolute Gasteiger partial charge is 0.379 e. The lowest BCUT2D eigenvalue weighted by atomic mass is 9.93. The molecule has 2 saturated heterocycles. The molecule has 2 aliphatic rings. The maximum Gasteiger partial charge on any atom is 0.0663 e. The normalized spacial score (nSPS) is 29.9. The van der Waals surface area contributed by atoms with E-state index in [1.807, 2.05) is 0 Å². The van der Waals surface area contributed by atoms with Crippen molar-refractivity contribution in [2.24, 2.45) is 0 Å². The van der Waals surface area contributed by atoms with Crippen molar-refractivity contribution in [3.8, 4) is 0 Å². The Labute approximate surface area is 103 Å². The third-order valence-corrected chi connectivity index (χ3v) is 3.98. The molecule has 1 spiro atoms. The number of hydrogen-bond acceptors (Lipinski definition) is 3. The zero-order valence-electron chi connectivity index (χ0n) is 10.2. The minimum Gasteiger partial charge on any atom is -0.379 e. The molecule has 2 aliphatic heterocycles.